The summed E-state index contributed by atoms with van der Waals surface area (Å²) in [6.07, 6.45) is 4.21. The van der Waals surface area contributed by atoms with Gasteiger partial charge in [0, 0.05) is 14.3 Å². The molecule has 0 aromatic heterocycles. The Balaban J connectivity index is 1.66. The van der Waals surface area contributed by atoms with Crippen LogP contribution in [-0.2, 0) is 0 Å². The van der Waals surface area contributed by atoms with Crippen LogP contribution in [0.5, 0.6) is 0 Å². The monoisotopic (exact) mass is 388 g/mol. The van der Waals surface area contributed by atoms with Crippen molar-refractivity contribution in [3.8, 4) is 11.1 Å². The van der Waals surface area contributed by atoms with E-state index in [1.807, 2.05) is 12.1 Å². The summed E-state index contributed by atoms with van der Waals surface area (Å²) in [4.78, 5) is 0. The molecule has 3 rings (SSSR count). The van der Waals surface area contributed by atoms with E-state index in [1.165, 1.54) is 53.6 Å². The summed E-state index contributed by atoms with van der Waals surface area (Å²) in [6, 6.07) is 22.1. The van der Waals surface area contributed by atoms with Gasteiger partial charge in [0.05, 0.1) is 5.03 Å². The van der Waals surface area contributed by atoms with Crippen molar-refractivity contribution >= 4 is 37.0 Å². The fourth-order valence-electron chi connectivity index (χ4n) is 4.03. The first kappa shape index (κ1) is 18.8. The van der Waals surface area contributed by atoms with Gasteiger partial charge in [-0.15, -0.1) is 0 Å². The molecule has 0 aliphatic carbocycles. The van der Waals surface area contributed by atoms with Gasteiger partial charge in [0.1, 0.15) is 0 Å². The molecule has 0 N–H and O–H groups in total. The quantitative estimate of drug-likeness (QED) is 0.461. The summed E-state index contributed by atoms with van der Waals surface area (Å²) in [5.74, 6) is 0.782. The second-order valence-corrected chi connectivity index (χ2v) is 11.3. The van der Waals surface area contributed by atoms with Crippen LogP contribution in [0.25, 0.3) is 16.2 Å². The van der Waals surface area contributed by atoms with Crippen LogP contribution < -0.4 is 0 Å². The molecule has 1 heterocycles. The van der Waals surface area contributed by atoms with Crippen LogP contribution in [0.1, 0.15) is 43.2 Å². The molecular formula is C22H26Cl2Si. The first-order chi connectivity index (χ1) is 12.2. The van der Waals surface area contributed by atoms with E-state index < -0.39 is 0 Å². The van der Waals surface area contributed by atoms with Crippen LogP contribution in [0.4, 0.5) is 0 Å². The van der Waals surface area contributed by atoms with Crippen LogP contribution in [0.2, 0.25) is 18.1 Å². The molecule has 0 atom stereocenters. The minimum atomic E-state index is -0.388. The van der Waals surface area contributed by atoms with E-state index in [-0.39, 0.29) is 8.80 Å². The summed E-state index contributed by atoms with van der Waals surface area (Å²) >= 11 is 11.7. The molecule has 1 aliphatic rings. The van der Waals surface area contributed by atoms with Gasteiger partial charge in [0.2, 0.25) is 0 Å². The van der Waals surface area contributed by atoms with Crippen LogP contribution in [0.3, 0.4) is 0 Å². The number of hydrogen-bond acceptors (Lipinski definition) is 0. The van der Waals surface area contributed by atoms with Gasteiger partial charge in [-0.1, -0.05) is 103 Å². The average molecular weight is 389 g/mol. The zero-order chi connectivity index (χ0) is 17.6. The Morgan fingerprint density at radius 2 is 1.56 bits per heavy atom. The zero-order valence-corrected chi connectivity index (χ0v) is 17.5. The molecule has 1 fully saturated rings. The summed E-state index contributed by atoms with van der Waals surface area (Å²) < 4.78 is 0. The second-order valence-electron chi connectivity index (χ2n) is 7.16. The highest BCUT2D eigenvalue weighted by Crippen LogP contribution is 2.35. The van der Waals surface area contributed by atoms with Crippen LogP contribution in [-0.4, -0.2) is 8.80 Å². The molecule has 0 saturated carbocycles. The highest BCUT2D eigenvalue weighted by Gasteiger charge is 2.22. The van der Waals surface area contributed by atoms with Crippen molar-refractivity contribution in [1.82, 2.24) is 0 Å². The third-order valence-corrected chi connectivity index (χ3v) is 9.87. The molecule has 2 aromatic carbocycles. The fraction of sp³-hybridized carbons (Fsp3) is 0.364. The Bertz CT molecular complexity index is 696. The fourth-order valence-corrected chi connectivity index (χ4v) is 7.71. The minimum absolute atomic E-state index is 0.388. The van der Waals surface area contributed by atoms with Crippen molar-refractivity contribution < 1.29 is 0 Å². The lowest BCUT2D eigenvalue weighted by atomic mass is 9.92. The molecular weight excluding hydrogens is 363 g/mol. The summed E-state index contributed by atoms with van der Waals surface area (Å²) in [6.45, 7) is 2.34. The molecule has 0 radical (unpaired) electrons. The molecule has 0 amide bonds. The highest BCUT2D eigenvalue weighted by atomic mass is 35.5. The van der Waals surface area contributed by atoms with Gasteiger partial charge in [-0.25, -0.2) is 0 Å². The van der Waals surface area contributed by atoms with E-state index in [9.17, 15) is 0 Å². The Morgan fingerprint density at radius 1 is 1.00 bits per heavy atom. The zero-order valence-electron chi connectivity index (χ0n) is 14.8. The third kappa shape index (κ3) is 4.78. The van der Waals surface area contributed by atoms with E-state index >= 15 is 0 Å². The number of halogens is 2. The first-order valence-corrected chi connectivity index (χ1v) is 12.6. The lowest BCUT2D eigenvalue weighted by Crippen LogP contribution is -2.19. The minimum Gasteiger partial charge on any atom is -0.0913 e. The Labute approximate surface area is 163 Å². The Hall–Kier alpha value is -1.02. The predicted molar refractivity (Wildman–Crippen MR) is 115 cm³/mol. The van der Waals surface area contributed by atoms with E-state index in [0.29, 0.717) is 5.03 Å². The molecule has 1 aliphatic heterocycles. The summed E-state index contributed by atoms with van der Waals surface area (Å²) in [5, 5.41) is 0.575. The number of hydrogen-bond donors (Lipinski definition) is 0. The van der Waals surface area contributed by atoms with E-state index in [1.54, 1.807) is 6.04 Å². The van der Waals surface area contributed by atoms with Crippen molar-refractivity contribution in [2.45, 2.75) is 50.2 Å². The SMILES string of the molecule is CCC[Si@H]1CC[C@H](c2ccc(-c3ccc(C(Cl)=CCl)cc3)cc2)CC1. The van der Waals surface area contributed by atoms with Gasteiger partial charge < -0.3 is 0 Å². The van der Waals surface area contributed by atoms with Gasteiger partial charge >= 0.3 is 0 Å². The van der Waals surface area contributed by atoms with E-state index in [0.717, 1.165) is 11.5 Å². The molecule has 1 saturated heterocycles. The maximum Gasteiger partial charge on any atom is 0.0591 e. The van der Waals surface area contributed by atoms with Crippen LogP contribution >= 0.6 is 23.2 Å². The second kappa shape index (κ2) is 9.07. The van der Waals surface area contributed by atoms with E-state index in [4.69, 9.17) is 23.2 Å². The number of benzene rings is 2. The molecule has 3 heteroatoms. The van der Waals surface area contributed by atoms with E-state index in [2.05, 4.69) is 43.3 Å². The summed E-state index contributed by atoms with van der Waals surface area (Å²) in [5.41, 5.74) is 6.36. The molecule has 2 aromatic rings. The number of rotatable bonds is 5. The largest absolute Gasteiger partial charge is 0.0913 e. The van der Waals surface area contributed by atoms with Crippen LogP contribution in [0.15, 0.2) is 54.1 Å². The van der Waals surface area contributed by atoms with Gasteiger partial charge in [-0.05, 0) is 41.0 Å². The van der Waals surface area contributed by atoms with Crippen molar-refractivity contribution in [2.24, 2.45) is 0 Å². The lowest BCUT2D eigenvalue weighted by Gasteiger charge is -2.27. The molecule has 0 nitrogen and oxygen atoms in total. The maximum absolute atomic E-state index is 6.06. The Kier molecular flexibility index (Phi) is 6.81. The highest BCUT2D eigenvalue weighted by molar-refractivity contribution is 6.59. The molecule has 0 spiro atoms. The third-order valence-electron chi connectivity index (χ3n) is 5.52. The smallest absolute Gasteiger partial charge is 0.0591 e. The molecule has 132 valence electrons. The van der Waals surface area contributed by atoms with Gasteiger partial charge in [0.15, 0.2) is 0 Å². The maximum atomic E-state index is 6.06. The summed E-state index contributed by atoms with van der Waals surface area (Å²) in [7, 11) is -0.388. The average Bonchev–Trinajstić information content (AvgIpc) is 2.68. The van der Waals surface area contributed by atoms with Gasteiger partial charge in [-0.2, -0.15) is 0 Å². The lowest BCUT2D eigenvalue weighted by molar-refractivity contribution is 0.606. The molecule has 25 heavy (non-hydrogen) atoms. The molecule has 0 unspecified atom stereocenters. The first-order valence-electron chi connectivity index (χ1n) is 9.38. The predicted octanol–water partition coefficient (Wildman–Crippen LogP) is 7.64. The van der Waals surface area contributed by atoms with Gasteiger partial charge in [-0.3, -0.25) is 0 Å². The van der Waals surface area contributed by atoms with Crippen molar-refractivity contribution in [3.63, 3.8) is 0 Å². The van der Waals surface area contributed by atoms with Crippen LogP contribution in [0, 0.1) is 0 Å². The Morgan fingerprint density at radius 3 is 2.08 bits per heavy atom. The van der Waals surface area contributed by atoms with Crippen molar-refractivity contribution in [1.29, 1.82) is 0 Å². The van der Waals surface area contributed by atoms with Crippen molar-refractivity contribution in [3.05, 3.63) is 65.2 Å². The normalized spacial score (nSPS) is 21.3. The van der Waals surface area contributed by atoms with Crippen molar-refractivity contribution in [2.75, 3.05) is 0 Å². The molecule has 0 bridgehead atoms. The van der Waals surface area contributed by atoms with Gasteiger partial charge in [0.25, 0.3) is 0 Å². The standard InChI is InChI=1S/C22H26Cl2Si/c1-2-13-25-14-11-20(12-15-25)19-5-3-17(4-6-19)18-7-9-21(10-8-18)22(24)16-23/h3-10,16,20,25H,2,11-15H2,1H3/t20-,25-. The topological polar surface area (TPSA) is 0 Å².